The highest BCUT2D eigenvalue weighted by molar-refractivity contribution is 7.99. The maximum absolute atomic E-state index is 12.5. The number of nitrogens with zero attached hydrogens (tertiary/aromatic N) is 4. The molecule has 5 rings (SSSR count). The van der Waals surface area contributed by atoms with Gasteiger partial charge in [-0.1, -0.05) is 54.2 Å². The van der Waals surface area contributed by atoms with E-state index in [-0.39, 0.29) is 11.7 Å². The first kappa shape index (κ1) is 22.2. The number of morpholine rings is 1. The molecule has 0 unspecified atom stereocenters. The minimum Gasteiger partial charge on any atom is -0.378 e. The number of hydrogen-bond donors (Lipinski definition) is 2. The molecule has 0 atom stereocenters. The van der Waals surface area contributed by atoms with Crippen molar-refractivity contribution in [2.75, 3.05) is 48.1 Å². The van der Waals surface area contributed by atoms with Crippen molar-refractivity contribution >= 4 is 39.8 Å². The van der Waals surface area contributed by atoms with Gasteiger partial charge in [-0.25, -0.2) is 4.68 Å². The normalized spacial score (nSPS) is 13.8. The summed E-state index contributed by atoms with van der Waals surface area (Å²) in [5, 5.41) is 14.2. The highest BCUT2D eigenvalue weighted by Crippen LogP contribution is 2.23. The average Bonchev–Trinajstić information content (AvgIpc) is 3.23. The van der Waals surface area contributed by atoms with E-state index in [1.54, 1.807) is 0 Å². The second kappa shape index (κ2) is 10.1. The van der Waals surface area contributed by atoms with Crippen LogP contribution in [0.1, 0.15) is 11.4 Å². The van der Waals surface area contributed by atoms with E-state index in [4.69, 9.17) is 10.6 Å². The summed E-state index contributed by atoms with van der Waals surface area (Å²) in [6, 6.07) is 22.3. The van der Waals surface area contributed by atoms with Crippen molar-refractivity contribution in [1.29, 1.82) is 0 Å². The fourth-order valence-corrected chi connectivity index (χ4v) is 4.72. The van der Waals surface area contributed by atoms with Gasteiger partial charge in [-0.05, 0) is 40.6 Å². The molecule has 0 saturated carbocycles. The third-order valence-corrected chi connectivity index (χ3v) is 6.77. The minimum atomic E-state index is -0.122. The lowest BCUT2D eigenvalue weighted by Crippen LogP contribution is -2.36. The largest absolute Gasteiger partial charge is 0.378 e. The van der Waals surface area contributed by atoms with E-state index >= 15 is 0 Å². The zero-order valence-corrected chi connectivity index (χ0v) is 19.5. The first-order valence-electron chi connectivity index (χ1n) is 11.2. The number of rotatable bonds is 7. The topological polar surface area (TPSA) is 98.3 Å². The smallest absolute Gasteiger partial charge is 0.234 e. The van der Waals surface area contributed by atoms with Gasteiger partial charge in [0.05, 0.1) is 19.0 Å². The molecule has 3 N–H and O–H groups in total. The molecule has 174 valence electrons. The lowest BCUT2D eigenvalue weighted by atomic mass is 10.0. The van der Waals surface area contributed by atoms with Crippen LogP contribution < -0.4 is 16.1 Å². The van der Waals surface area contributed by atoms with Gasteiger partial charge in [0.25, 0.3) is 0 Å². The van der Waals surface area contributed by atoms with Gasteiger partial charge in [0, 0.05) is 30.9 Å². The summed E-state index contributed by atoms with van der Waals surface area (Å²) in [4.78, 5) is 14.7. The van der Waals surface area contributed by atoms with E-state index in [1.165, 1.54) is 27.2 Å². The molecule has 8 nitrogen and oxygen atoms in total. The Balaban J connectivity index is 1.17. The molecule has 1 amide bonds. The summed E-state index contributed by atoms with van der Waals surface area (Å²) in [5.41, 5.74) is 3.02. The number of nitrogen functional groups attached to an aromatic ring is 1. The third-order valence-electron chi connectivity index (χ3n) is 5.82. The molecule has 34 heavy (non-hydrogen) atoms. The van der Waals surface area contributed by atoms with Crippen LogP contribution in [0, 0.1) is 0 Å². The number of hydrogen-bond acceptors (Lipinski definition) is 7. The number of nitrogens with two attached hydrogens (primary N) is 1. The van der Waals surface area contributed by atoms with Crippen LogP contribution in [-0.2, 0) is 16.0 Å². The molecule has 1 aliphatic rings. The molecule has 1 aliphatic heterocycles. The Morgan fingerprint density at radius 3 is 2.59 bits per heavy atom. The van der Waals surface area contributed by atoms with Gasteiger partial charge >= 0.3 is 0 Å². The van der Waals surface area contributed by atoms with Gasteiger partial charge < -0.3 is 20.8 Å². The van der Waals surface area contributed by atoms with E-state index in [9.17, 15) is 4.79 Å². The Morgan fingerprint density at radius 2 is 1.76 bits per heavy atom. The standard InChI is InChI=1S/C25H26N6O2S/c26-31-23(16-19-6-3-5-18-4-1-2-7-22(18)19)28-29-25(31)34-17-24(32)27-20-8-10-21(11-9-20)30-12-14-33-15-13-30/h1-11H,12-17,26H2,(H,27,32). The Bertz CT molecular complexity index is 1280. The molecular formula is C25H26N6O2S. The minimum absolute atomic E-state index is 0.122. The molecule has 3 aromatic carbocycles. The van der Waals surface area contributed by atoms with Crippen molar-refractivity contribution in [2.24, 2.45) is 0 Å². The van der Waals surface area contributed by atoms with Crippen LogP contribution in [0.5, 0.6) is 0 Å². The van der Waals surface area contributed by atoms with Gasteiger partial charge in [0.15, 0.2) is 5.82 Å². The van der Waals surface area contributed by atoms with E-state index in [2.05, 4.69) is 44.7 Å². The van der Waals surface area contributed by atoms with Gasteiger partial charge in [0.2, 0.25) is 11.1 Å². The molecule has 1 fully saturated rings. The molecule has 1 aromatic heterocycles. The number of ether oxygens (including phenoxy) is 1. The number of thioether (sulfide) groups is 1. The first-order chi connectivity index (χ1) is 16.7. The molecule has 0 bridgehead atoms. The predicted octanol–water partition coefficient (Wildman–Crippen LogP) is 3.30. The Labute approximate surface area is 202 Å². The molecule has 0 radical (unpaired) electrons. The zero-order valence-electron chi connectivity index (χ0n) is 18.7. The van der Waals surface area contributed by atoms with E-state index < -0.39 is 0 Å². The van der Waals surface area contributed by atoms with Crippen LogP contribution in [0.3, 0.4) is 0 Å². The number of nitrogens with one attached hydrogen (secondary N) is 1. The summed E-state index contributed by atoms with van der Waals surface area (Å²) in [6.45, 7) is 3.24. The van der Waals surface area contributed by atoms with E-state index in [0.717, 1.165) is 43.2 Å². The van der Waals surface area contributed by atoms with Crippen LogP contribution in [0.25, 0.3) is 10.8 Å². The SMILES string of the molecule is Nn1c(Cc2cccc3ccccc23)nnc1SCC(=O)Nc1ccc(N2CCOCC2)cc1. The summed E-state index contributed by atoms with van der Waals surface area (Å²) < 4.78 is 6.87. The van der Waals surface area contributed by atoms with Crippen LogP contribution in [0.4, 0.5) is 11.4 Å². The monoisotopic (exact) mass is 474 g/mol. The van der Waals surface area contributed by atoms with Crippen molar-refractivity contribution in [1.82, 2.24) is 14.9 Å². The van der Waals surface area contributed by atoms with Crippen molar-refractivity contribution < 1.29 is 9.53 Å². The van der Waals surface area contributed by atoms with Crippen molar-refractivity contribution in [2.45, 2.75) is 11.6 Å². The Hall–Kier alpha value is -3.56. The maximum atomic E-state index is 12.5. The summed E-state index contributed by atoms with van der Waals surface area (Å²) >= 11 is 1.27. The number of carbonyl (C=O) groups excluding carboxylic acids is 1. The number of carbonyl (C=O) groups is 1. The van der Waals surface area contributed by atoms with Gasteiger partial charge in [0.1, 0.15) is 0 Å². The van der Waals surface area contributed by atoms with E-state index in [1.807, 2.05) is 42.5 Å². The van der Waals surface area contributed by atoms with Crippen LogP contribution in [-0.4, -0.2) is 52.8 Å². The van der Waals surface area contributed by atoms with Crippen molar-refractivity contribution in [3.63, 3.8) is 0 Å². The Kier molecular flexibility index (Phi) is 6.64. The summed E-state index contributed by atoms with van der Waals surface area (Å²) in [6.07, 6.45) is 0.563. The number of anilines is 2. The highest BCUT2D eigenvalue weighted by Gasteiger charge is 2.15. The third kappa shape index (κ3) is 5.00. The maximum Gasteiger partial charge on any atom is 0.234 e. The summed E-state index contributed by atoms with van der Waals surface area (Å²) in [5.74, 6) is 6.96. The van der Waals surface area contributed by atoms with Gasteiger partial charge in [-0.3, -0.25) is 4.79 Å². The Morgan fingerprint density at radius 1 is 1.00 bits per heavy atom. The number of fused-ring (bicyclic) bond motifs is 1. The first-order valence-corrected chi connectivity index (χ1v) is 12.2. The van der Waals surface area contributed by atoms with Crippen molar-refractivity contribution in [3.8, 4) is 0 Å². The summed E-state index contributed by atoms with van der Waals surface area (Å²) in [7, 11) is 0. The van der Waals surface area contributed by atoms with Gasteiger partial charge in [-0.2, -0.15) is 0 Å². The molecule has 4 aromatic rings. The fraction of sp³-hybridized carbons (Fsp3) is 0.240. The average molecular weight is 475 g/mol. The molecule has 0 aliphatic carbocycles. The highest BCUT2D eigenvalue weighted by atomic mass is 32.2. The molecule has 0 spiro atoms. The zero-order chi connectivity index (χ0) is 23.3. The van der Waals surface area contributed by atoms with Crippen LogP contribution in [0.15, 0.2) is 71.9 Å². The predicted molar refractivity (Wildman–Crippen MR) is 136 cm³/mol. The van der Waals surface area contributed by atoms with Crippen molar-refractivity contribution in [3.05, 3.63) is 78.1 Å². The van der Waals surface area contributed by atoms with Crippen LogP contribution in [0.2, 0.25) is 0 Å². The molecular weight excluding hydrogens is 448 g/mol. The molecule has 9 heteroatoms. The number of amides is 1. The lowest BCUT2D eigenvalue weighted by molar-refractivity contribution is -0.113. The van der Waals surface area contributed by atoms with Crippen LogP contribution >= 0.6 is 11.8 Å². The second-order valence-corrected chi connectivity index (χ2v) is 9.01. The quantitative estimate of drug-likeness (QED) is 0.313. The fourth-order valence-electron chi connectivity index (χ4n) is 4.05. The van der Waals surface area contributed by atoms with E-state index in [0.29, 0.717) is 17.4 Å². The number of aromatic nitrogens is 3. The molecule has 2 heterocycles. The lowest BCUT2D eigenvalue weighted by Gasteiger charge is -2.28. The van der Waals surface area contributed by atoms with Gasteiger partial charge in [-0.15, -0.1) is 10.2 Å². The number of benzene rings is 3. The molecule has 1 saturated heterocycles. The second-order valence-electron chi connectivity index (χ2n) is 8.07.